The highest BCUT2D eigenvalue weighted by molar-refractivity contribution is 6.05. The number of likely N-dealkylation sites (tertiary alicyclic amines) is 1. The Hall–Kier alpha value is -0.900. The number of aliphatic hydroxyl groups excluding tert-OH is 1. The Balaban J connectivity index is 2.64. The second kappa shape index (κ2) is 4.41. The number of β-amino-alcohol motifs (C(OH)–C–C–N with tert-alkyl or cyclic N) is 1. The lowest BCUT2D eigenvalue weighted by Gasteiger charge is -2.26. The summed E-state index contributed by atoms with van der Waals surface area (Å²) in [6.07, 6.45) is 0.176. The number of carbonyl (C=O) groups is 2. The largest absolute Gasteiger partial charge is 0.391 e. The van der Waals surface area contributed by atoms with Crippen LogP contribution in [-0.4, -0.2) is 34.5 Å². The normalized spacial score (nSPS) is 22.1. The Morgan fingerprint density at radius 3 is 2.24 bits per heavy atom. The minimum absolute atomic E-state index is 0.0131. The highest BCUT2D eigenvalue weighted by Gasteiger charge is 2.45. The number of rotatable bonds is 3. The van der Waals surface area contributed by atoms with Crippen molar-refractivity contribution < 1.29 is 14.7 Å². The molecular weight excluding hydrogens is 218 g/mol. The van der Waals surface area contributed by atoms with Gasteiger partial charge in [-0.25, -0.2) is 0 Å². The summed E-state index contributed by atoms with van der Waals surface area (Å²) in [7, 11) is 0. The molecule has 0 saturated carbocycles. The van der Waals surface area contributed by atoms with E-state index in [9.17, 15) is 14.7 Å². The number of aliphatic hydroxyl groups is 1. The van der Waals surface area contributed by atoms with Crippen molar-refractivity contribution in [2.75, 3.05) is 6.54 Å². The first-order valence-corrected chi connectivity index (χ1v) is 6.06. The fraction of sp³-hybridized carbons (Fsp3) is 0.846. The SMILES string of the molecule is CC(C)(C)CC(O)CN1C(=O)CC(C)(C)C1=O. The van der Waals surface area contributed by atoms with Gasteiger partial charge in [0.05, 0.1) is 18.1 Å². The Kier molecular flexibility index (Phi) is 3.67. The molecule has 1 unspecified atom stereocenters. The van der Waals surface area contributed by atoms with E-state index < -0.39 is 11.5 Å². The van der Waals surface area contributed by atoms with Crippen molar-refractivity contribution in [1.29, 1.82) is 0 Å². The van der Waals surface area contributed by atoms with E-state index in [2.05, 4.69) is 0 Å². The molecule has 0 bridgehead atoms. The Bertz CT molecular complexity index is 328. The predicted octanol–water partition coefficient (Wildman–Crippen LogP) is 1.57. The van der Waals surface area contributed by atoms with Gasteiger partial charge in [0.2, 0.25) is 11.8 Å². The molecule has 0 aromatic rings. The van der Waals surface area contributed by atoms with Crippen LogP contribution in [0.1, 0.15) is 47.5 Å². The second-order valence-electron chi connectivity index (χ2n) is 6.79. The number of carbonyl (C=O) groups excluding carboxylic acids is 2. The lowest BCUT2D eigenvalue weighted by molar-refractivity contribution is -0.142. The van der Waals surface area contributed by atoms with Crippen molar-refractivity contribution in [2.45, 2.75) is 53.6 Å². The third kappa shape index (κ3) is 3.53. The fourth-order valence-corrected chi connectivity index (χ4v) is 2.19. The van der Waals surface area contributed by atoms with Crippen LogP contribution in [0.3, 0.4) is 0 Å². The van der Waals surface area contributed by atoms with Crippen molar-refractivity contribution >= 4 is 11.8 Å². The van der Waals surface area contributed by atoms with Crippen molar-refractivity contribution in [3.63, 3.8) is 0 Å². The van der Waals surface area contributed by atoms with E-state index in [0.29, 0.717) is 6.42 Å². The molecule has 1 N–H and O–H groups in total. The van der Waals surface area contributed by atoms with Crippen molar-refractivity contribution in [3.8, 4) is 0 Å². The first-order chi connectivity index (χ1) is 7.53. The minimum Gasteiger partial charge on any atom is -0.391 e. The molecule has 17 heavy (non-hydrogen) atoms. The molecule has 1 aliphatic rings. The van der Waals surface area contributed by atoms with Crippen LogP contribution >= 0.6 is 0 Å². The third-order valence-electron chi connectivity index (χ3n) is 2.96. The molecule has 4 heteroatoms. The molecule has 0 spiro atoms. The molecule has 0 radical (unpaired) electrons. The Morgan fingerprint density at radius 1 is 1.35 bits per heavy atom. The molecular formula is C13H23NO3. The summed E-state index contributed by atoms with van der Waals surface area (Å²) in [6, 6.07) is 0. The van der Waals surface area contributed by atoms with Gasteiger partial charge in [-0.15, -0.1) is 0 Å². The van der Waals surface area contributed by atoms with Crippen LogP contribution in [-0.2, 0) is 9.59 Å². The van der Waals surface area contributed by atoms with E-state index in [4.69, 9.17) is 0 Å². The molecule has 2 amide bonds. The van der Waals surface area contributed by atoms with Crippen LogP contribution < -0.4 is 0 Å². The summed E-state index contributed by atoms with van der Waals surface area (Å²) in [6.45, 7) is 9.72. The van der Waals surface area contributed by atoms with E-state index in [1.807, 2.05) is 20.8 Å². The molecule has 98 valence electrons. The summed E-state index contributed by atoms with van der Waals surface area (Å²) in [4.78, 5) is 24.8. The van der Waals surface area contributed by atoms with Gasteiger partial charge in [-0.05, 0) is 11.8 Å². The standard InChI is InChI=1S/C13H23NO3/c1-12(2,3)6-9(15)8-14-10(16)7-13(4,5)11(14)17/h9,15H,6-8H2,1-5H3. The number of hydrogen-bond donors (Lipinski definition) is 1. The number of hydrogen-bond acceptors (Lipinski definition) is 3. The average molecular weight is 241 g/mol. The molecule has 0 aromatic heterocycles. The maximum absolute atomic E-state index is 11.9. The van der Waals surface area contributed by atoms with Crippen molar-refractivity contribution in [2.24, 2.45) is 10.8 Å². The topological polar surface area (TPSA) is 57.6 Å². The zero-order chi connectivity index (χ0) is 13.4. The zero-order valence-electron chi connectivity index (χ0n) is 11.4. The predicted molar refractivity (Wildman–Crippen MR) is 65.2 cm³/mol. The average Bonchev–Trinajstić information content (AvgIpc) is 2.24. The fourth-order valence-electron chi connectivity index (χ4n) is 2.19. The lowest BCUT2D eigenvalue weighted by atomic mass is 9.89. The van der Waals surface area contributed by atoms with Gasteiger partial charge in [-0.3, -0.25) is 14.5 Å². The van der Waals surface area contributed by atoms with Gasteiger partial charge in [0.25, 0.3) is 0 Å². The molecule has 1 saturated heterocycles. The summed E-state index contributed by atoms with van der Waals surface area (Å²) >= 11 is 0. The van der Waals surface area contributed by atoms with Crippen LogP contribution in [0.2, 0.25) is 0 Å². The minimum atomic E-state index is -0.642. The van der Waals surface area contributed by atoms with Gasteiger partial charge >= 0.3 is 0 Å². The quantitative estimate of drug-likeness (QED) is 0.763. The van der Waals surface area contributed by atoms with Gasteiger partial charge in [0.1, 0.15) is 0 Å². The molecule has 0 aliphatic carbocycles. The van der Waals surface area contributed by atoms with Gasteiger partial charge < -0.3 is 5.11 Å². The monoisotopic (exact) mass is 241 g/mol. The first kappa shape index (κ1) is 14.2. The molecule has 1 atom stereocenters. The van der Waals surface area contributed by atoms with Crippen LogP contribution in [0.25, 0.3) is 0 Å². The smallest absolute Gasteiger partial charge is 0.235 e. The number of amides is 2. The van der Waals surface area contributed by atoms with Crippen LogP contribution in [0.5, 0.6) is 0 Å². The summed E-state index contributed by atoms with van der Waals surface area (Å²) < 4.78 is 0. The van der Waals surface area contributed by atoms with E-state index in [0.717, 1.165) is 0 Å². The maximum atomic E-state index is 11.9. The lowest BCUT2D eigenvalue weighted by Crippen LogP contribution is -2.39. The van der Waals surface area contributed by atoms with Gasteiger partial charge in [-0.1, -0.05) is 34.6 Å². The molecule has 1 rings (SSSR count). The Morgan fingerprint density at radius 2 is 1.88 bits per heavy atom. The van der Waals surface area contributed by atoms with Crippen molar-refractivity contribution in [3.05, 3.63) is 0 Å². The number of imide groups is 1. The van der Waals surface area contributed by atoms with Gasteiger partial charge in [0, 0.05) is 6.42 Å². The second-order valence-corrected chi connectivity index (χ2v) is 6.79. The van der Waals surface area contributed by atoms with Gasteiger partial charge in [0.15, 0.2) is 0 Å². The Labute approximate surface area is 103 Å². The summed E-state index contributed by atoms with van der Waals surface area (Å²) in [5, 5.41) is 9.90. The van der Waals surface area contributed by atoms with Gasteiger partial charge in [-0.2, -0.15) is 0 Å². The van der Waals surface area contributed by atoms with E-state index in [1.165, 1.54) is 4.90 Å². The first-order valence-electron chi connectivity index (χ1n) is 6.06. The zero-order valence-corrected chi connectivity index (χ0v) is 11.4. The van der Waals surface area contributed by atoms with Crippen LogP contribution in [0.4, 0.5) is 0 Å². The molecule has 4 nitrogen and oxygen atoms in total. The van der Waals surface area contributed by atoms with E-state index in [-0.39, 0.29) is 30.2 Å². The van der Waals surface area contributed by atoms with Crippen LogP contribution in [0.15, 0.2) is 0 Å². The molecule has 1 fully saturated rings. The summed E-state index contributed by atoms with van der Waals surface area (Å²) in [5.74, 6) is -0.344. The molecule has 1 heterocycles. The van der Waals surface area contributed by atoms with E-state index in [1.54, 1.807) is 13.8 Å². The van der Waals surface area contributed by atoms with Crippen molar-refractivity contribution in [1.82, 2.24) is 4.90 Å². The highest BCUT2D eigenvalue weighted by atomic mass is 16.3. The highest BCUT2D eigenvalue weighted by Crippen LogP contribution is 2.32. The summed E-state index contributed by atoms with van der Waals surface area (Å²) in [5.41, 5.74) is -0.626. The molecule has 1 aliphatic heterocycles. The van der Waals surface area contributed by atoms with Crippen LogP contribution in [0, 0.1) is 10.8 Å². The third-order valence-corrected chi connectivity index (χ3v) is 2.96. The molecule has 0 aromatic carbocycles. The number of nitrogens with zero attached hydrogens (tertiary/aromatic N) is 1. The van der Waals surface area contributed by atoms with E-state index >= 15 is 0 Å². The maximum Gasteiger partial charge on any atom is 0.235 e.